The van der Waals surface area contributed by atoms with Gasteiger partial charge in [-0.05, 0) is 11.6 Å². The van der Waals surface area contributed by atoms with Crippen LogP contribution in [0.1, 0.15) is 11.1 Å². The molecule has 0 radical (unpaired) electrons. The number of hydrogen-bond donors (Lipinski definition) is 1. The number of nitrogens with two attached hydrogens (primary N) is 1. The van der Waals surface area contributed by atoms with Gasteiger partial charge in [0.05, 0.1) is 0 Å². The zero-order chi connectivity index (χ0) is 13.0. The molecule has 0 aliphatic heterocycles. The molecule has 2 aromatic rings. The first-order valence-electron chi connectivity index (χ1n) is 5.66. The number of aromatic nitrogens is 2. The van der Waals surface area contributed by atoms with Gasteiger partial charge in [0.15, 0.2) is 0 Å². The maximum absolute atomic E-state index is 5.52. The molecule has 1 aromatic carbocycles. The Balaban J connectivity index is 2.11. The zero-order valence-corrected chi connectivity index (χ0v) is 11.8. The Hall–Kier alpha value is -1.46. The highest BCUT2D eigenvalue weighted by Crippen LogP contribution is 2.18. The van der Waals surface area contributed by atoms with E-state index in [1.807, 2.05) is 30.1 Å². The maximum Gasteiger partial charge on any atom is 0.225 e. The summed E-state index contributed by atoms with van der Waals surface area (Å²) < 4.78 is 1.09. The molecule has 0 saturated heterocycles. The third kappa shape index (κ3) is 3.05. The lowest BCUT2D eigenvalue weighted by Crippen LogP contribution is -2.19. The molecular weight excluding hydrogens is 292 g/mol. The minimum Gasteiger partial charge on any atom is -0.340 e. The van der Waals surface area contributed by atoms with Gasteiger partial charge in [-0.3, -0.25) is 0 Å². The highest BCUT2D eigenvalue weighted by molar-refractivity contribution is 9.10. The summed E-state index contributed by atoms with van der Waals surface area (Å²) in [6.07, 6.45) is 3.53. The van der Waals surface area contributed by atoms with Crippen molar-refractivity contribution in [3.05, 3.63) is 52.3 Å². The minimum absolute atomic E-state index is 0.466. The van der Waals surface area contributed by atoms with Gasteiger partial charge in [0.1, 0.15) is 0 Å². The minimum atomic E-state index is 0.466. The number of anilines is 1. The van der Waals surface area contributed by atoms with Crippen LogP contribution in [0.5, 0.6) is 0 Å². The van der Waals surface area contributed by atoms with E-state index in [1.54, 1.807) is 12.4 Å². The normalized spacial score (nSPS) is 10.4. The van der Waals surface area contributed by atoms with Gasteiger partial charge in [0.25, 0.3) is 0 Å². The summed E-state index contributed by atoms with van der Waals surface area (Å²) in [5.74, 6) is 0.697. The lowest BCUT2D eigenvalue weighted by molar-refractivity contribution is 0.855. The fourth-order valence-electron chi connectivity index (χ4n) is 1.60. The largest absolute Gasteiger partial charge is 0.340 e. The van der Waals surface area contributed by atoms with E-state index >= 15 is 0 Å². The monoisotopic (exact) mass is 306 g/mol. The number of rotatable bonds is 4. The van der Waals surface area contributed by atoms with E-state index in [2.05, 4.69) is 32.0 Å². The molecule has 2 rings (SSSR count). The van der Waals surface area contributed by atoms with Gasteiger partial charge in [-0.2, -0.15) is 0 Å². The van der Waals surface area contributed by atoms with E-state index in [0.717, 1.165) is 16.6 Å². The first kappa shape index (κ1) is 13.0. The molecule has 1 aromatic heterocycles. The van der Waals surface area contributed by atoms with E-state index in [9.17, 15) is 0 Å². The fourth-order valence-corrected chi connectivity index (χ4v) is 2.01. The second-order valence-corrected chi connectivity index (χ2v) is 4.90. The van der Waals surface area contributed by atoms with Gasteiger partial charge >= 0.3 is 0 Å². The van der Waals surface area contributed by atoms with E-state index in [4.69, 9.17) is 5.73 Å². The molecule has 1 heterocycles. The maximum atomic E-state index is 5.52. The molecule has 0 bridgehead atoms. The fraction of sp³-hybridized carbons (Fsp3) is 0.231. The van der Waals surface area contributed by atoms with Gasteiger partial charge in [0.2, 0.25) is 5.95 Å². The zero-order valence-electron chi connectivity index (χ0n) is 10.2. The molecule has 0 amide bonds. The number of halogens is 1. The Morgan fingerprint density at radius 3 is 2.50 bits per heavy atom. The molecule has 5 heteroatoms. The smallest absolute Gasteiger partial charge is 0.225 e. The molecule has 18 heavy (non-hydrogen) atoms. The molecule has 0 spiro atoms. The third-order valence-corrected chi connectivity index (χ3v) is 3.41. The summed E-state index contributed by atoms with van der Waals surface area (Å²) in [4.78, 5) is 10.6. The van der Waals surface area contributed by atoms with Crippen LogP contribution in [0, 0.1) is 0 Å². The first-order chi connectivity index (χ1) is 8.70. The SMILES string of the molecule is CN(Cc1ccccc1Br)c1ncc(CN)cn1. The summed E-state index contributed by atoms with van der Waals surface area (Å²) in [6.45, 7) is 1.22. The lowest BCUT2D eigenvalue weighted by Gasteiger charge is -2.17. The average Bonchev–Trinajstić information content (AvgIpc) is 2.41. The van der Waals surface area contributed by atoms with Gasteiger partial charge in [-0.15, -0.1) is 0 Å². The Kier molecular flexibility index (Phi) is 4.28. The highest BCUT2D eigenvalue weighted by atomic mass is 79.9. The topological polar surface area (TPSA) is 55.0 Å². The highest BCUT2D eigenvalue weighted by Gasteiger charge is 2.07. The molecule has 4 nitrogen and oxygen atoms in total. The van der Waals surface area contributed by atoms with Gasteiger partial charge in [-0.1, -0.05) is 34.1 Å². The van der Waals surface area contributed by atoms with E-state index < -0.39 is 0 Å². The summed E-state index contributed by atoms with van der Waals surface area (Å²) in [5, 5.41) is 0. The van der Waals surface area contributed by atoms with Crippen LogP contribution in [0.2, 0.25) is 0 Å². The van der Waals surface area contributed by atoms with Crippen LogP contribution >= 0.6 is 15.9 Å². The molecular formula is C13H15BrN4. The standard InChI is InChI=1S/C13H15BrN4/c1-18(9-11-4-2-3-5-12(11)14)13-16-7-10(6-15)8-17-13/h2-5,7-8H,6,9,15H2,1H3. The predicted octanol–water partition coefficient (Wildman–Crippen LogP) is 2.33. The van der Waals surface area contributed by atoms with Gasteiger partial charge < -0.3 is 10.6 Å². The summed E-state index contributed by atoms with van der Waals surface area (Å²) in [6, 6.07) is 8.13. The van der Waals surface area contributed by atoms with Crippen LogP contribution in [0.4, 0.5) is 5.95 Å². The van der Waals surface area contributed by atoms with Gasteiger partial charge in [-0.25, -0.2) is 9.97 Å². The Labute approximate surface area is 115 Å². The Bertz CT molecular complexity index is 513. The molecule has 2 N–H and O–H groups in total. The molecule has 94 valence electrons. The van der Waals surface area contributed by atoms with Crippen LogP contribution in [-0.2, 0) is 13.1 Å². The van der Waals surface area contributed by atoms with Crippen molar-refractivity contribution in [2.75, 3.05) is 11.9 Å². The van der Waals surface area contributed by atoms with Crippen LogP contribution < -0.4 is 10.6 Å². The predicted molar refractivity (Wildman–Crippen MR) is 76.2 cm³/mol. The van der Waals surface area contributed by atoms with Crippen molar-refractivity contribution < 1.29 is 0 Å². The summed E-state index contributed by atoms with van der Waals surface area (Å²) in [7, 11) is 1.97. The molecule has 0 unspecified atom stereocenters. The van der Waals surface area contributed by atoms with E-state index in [1.165, 1.54) is 5.56 Å². The molecule has 0 saturated carbocycles. The number of benzene rings is 1. The van der Waals surface area contributed by atoms with Crippen molar-refractivity contribution >= 4 is 21.9 Å². The van der Waals surface area contributed by atoms with Crippen molar-refractivity contribution in [1.29, 1.82) is 0 Å². The second kappa shape index (κ2) is 5.93. The lowest BCUT2D eigenvalue weighted by atomic mass is 10.2. The number of hydrogen-bond acceptors (Lipinski definition) is 4. The molecule has 0 aliphatic carbocycles. The van der Waals surface area contributed by atoms with Crippen LogP contribution in [-0.4, -0.2) is 17.0 Å². The molecule has 0 aliphatic rings. The van der Waals surface area contributed by atoms with Crippen molar-refractivity contribution in [2.45, 2.75) is 13.1 Å². The van der Waals surface area contributed by atoms with Crippen LogP contribution in [0.15, 0.2) is 41.1 Å². The van der Waals surface area contributed by atoms with Crippen molar-refractivity contribution in [3.8, 4) is 0 Å². The Morgan fingerprint density at radius 1 is 1.22 bits per heavy atom. The number of nitrogens with zero attached hydrogens (tertiary/aromatic N) is 3. The van der Waals surface area contributed by atoms with Crippen molar-refractivity contribution in [1.82, 2.24) is 9.97 Å². The van der Waals surface area contributed by atoms with Crippen molar-refractivity contribution in [2.24, 2.45) is 5.73 Å². The molecule has 0 fully saturated rings. The Morgan fingerprint density at radius 2 is 1.89 bits per heavy atom. The van der Waals surface area contributed by atoms with Gasteiger partial charge in [0, 0.05) is 42.6 Å². The van der Waals surface area contributed by atoms with E-state index in [0.29, 0.717) is 12.5 Å². The summed E-state index contributed by atoms with van der Waals surface area (Å²) in [5.41, 5.74) is 7.66. The molecule has 0 atom stereocenters. The summed E-state index contributed by atoms with van der Waals surface area (Å²) >= 11 is 3.54. The quantitative estimate of drug-likeness (QED) is 0.942. The second-order valence-electron chi connectivity index (χ2n) is 4.04. The van der Waals surface area contributed by atoms with Crippen LogP contribution in [0.3, 0.4) is 0 Å². The van der Waals surface area contributed by atoms with Crippen LogP contribution in [0.25, 0.3) is 0 Å². The first-order valence-corrected chi connectivity index (χ1v) is 6.45. The van der Waals surface area contributed by atoms with Crippen molar-refractivity contribution in [3.63, 3.8) is 0 Å². The van der Waals surface area contributed by atoms with E-state index in [-0.39, 0.29) is 0 Å². The average molecular weight is 307 g/mol. The third-order valence-electron chi connectivity index (χ3n) is 2.63.